The third-order valence-electron chi connectivity index (χ3n) is 3.49. The highest BCUT2D eigenvalue weighted by Crippen LogP contribution is 2.35. The fourth-order valence-corrected chi connectivity index (χ4v) is 3.57. The zero-order chi connectivity index (χ0) is 14.7. The molecule has 1 aromatic heterocycles. The van der Waals surface area contributed by atoms with E-state index >= 15 is 0 Å². The minimum absolute atomic E-state index is 0.194. The molecule has 1 unspecified atom stereocenters. The van der Waals surface area contributed by atoms with Gasteiger partial charge in [-0.05, 0) is 45.0 Å². The number of hydrogen-bond donors (Lipinski definition) is 1. The molecule has 2 nitrogen and oxygen atoms in total. The topological polar surface area (TPSA) is 21.3 Å². The first-order chi connectivity index (χ1) is 9.56. The molecule has 0 saturated heterocycles. The first-order valence-corrected chi connectivity index (χ1v) is 7.83. The van der Waals surface area contributed by atoms with Gasteiger partial charge in [-0.1, -0.05) is 24.6 Å². The van der Waals surface area contributed by atoms with Gasteiger partial charge in [-0.3, -0.25) is 0 Å². The van der Waals surface area contributed by atoms with Crippen LogP contribution in [0.4, 0.5) is 0 Å². The van der Waals surface area contributed by atoms with Crippen LogP contribution in [0.1, 0.15) is 39.4 Å². The van der Waals surface area contributed by atoms with Crippen LogP contribution in [-0.4, -0.2) is 13.7 Å². The largest absolute Gasteiger partial charge is 0.496 e. The maximum Gasteiger partial charge on any atom is 0.124 e. The molecule has 1 N–H and O–H groups in total. The fourth-order valence-electron chi connectivity index (χ4n) is 2.61. The lowest BCUT2D eigenvalue weighted by atomic mass is 9.96. The van der Waals surface area contributed by atoms with Crippen molar-refractivity contribution in [2.24, 2.45) is 0 Å². The summed E-state index contributed by atoms with van der Waals surface area (Å²) in [6.45, 7) is 9.55. The Labute approximate surface area is 125 Å². The Balaban J connectivity index is 2.53. The summed E-state index contributed by atoms with van der Waals surface area (Å²) in [5, 5.41) is 3.60. The molecule has 0 spiro atoms. The van der Waals surface area contributed by atoms with Crippen molar-refractivity contribution in [2.75, 3.05) is 13.7 Å². The molecule has 1 atom stereocenters. The number of hydrogen-bond acceptors (Lipinski definition) is 3. The van der Waals surface area contributed by atoms with E-state index in [-0.39, 0.29) is 6.04 Å². The lowest BCUT2D eigenvalue weighted by Crippen LogP contribution is -2.22. The van der Waals surface area contributed by atoms with Gasteiger partial charge in [0.1, 0.15) is 5.75 Å². The van der Waals surface area contributed by atoms with Crippen molar-refractivity contribution in [2.45, 2.75) is 33.7 Å². The maximum absolute atomic E-state index is 5.56. The Kier molecular flexibility index (Phi) is 4.84. The van der Waals surface area contributed by atoms with E-state index in [1.165, 1.54) is 26.4 Å². The summed E-state index contributed by atoms with van der Waals surface area (Å²) in [4.78, 5) is 2.73. The third-order valence-corrected chi connectivity index (χ3v) is 4.48. The molecule has 0 aliphatic carbocycles. The van der Waals surface area contributed by atoms with E-state index in [4.69, 9.17) is 4.74 Å². The summed E-state index contributed by atoms with van der Waals surface area (Å²) in [6, 6.07) is 8.86. The van der Waals surface area contributed by atoms with Crippen LogP contribution in [0.2, 0.25) is 0 Å². The van der Waals surface area contributed by atoms with E-state index in [0.717, 1.165) is 12.3 Å². The highest BCUT2D eigenvalue weighted by molar-refractivity contribution is 7.12. The number of thiophene rings is 1. The Morgan fingerprint density at radius 3 is 2.45 bits per heavy atom. The Bertz CT molecular complexity index is 589. The number of benzene rings is 1. The van der Waals surface area contributed by atoms with Gasteiger partial charge < -0.3 is 10.1 Å². The van der Waals surface area contributed by atoms with Gasteiger partial charge in [-0.25, -0.2) is 0 Å². The minimum atomic E-state index is 0.194. The molecule has 0 bridgehead atoms. The van der Waals surface area contributed by atoms with E-state index in [9.17, 15) is 0 Å². The SMILES string of the molecule is CCNC(c1cc(C)ccc1OC)c1cc(C)sc1C. The van der Waals surface area contributed by atoms with Gasteiger partial charge in [0.05, 0.1) is 13.2 Å². The number of nitrogens with one attached hydrogen (secondary N) is 1. The van der Waals surface area contributed by atoms with E-state index in [1.54, 1.807) is 7.11 Å². The second-order valence-electron chi connectivity index (χ2n) is 5.10. The molecule has 1 heterocycles. The van der Waals surface area contributed by atoms with Crippen LogP contribution < -0.4 is 10.1 Å². The normalized spacial score (nSPS) is 12.4. The molecule has 1 aromatic carbocycles. The van der Waals surface area contributed by atoms with Gasteiger partial charge in [-0.2, -0.15) is 0 Å². The van der Waals surface area contributed by atoms with Crippen LogP contribution >= 0.6 is 11.3 Å². The van der Waals surface area contributed by atoms with E-state index in [2.05, 4.69) is 57.3 Å². The van der Waals surface area contributed by atoms with Crippen LogP contribution in [0.25, 0.3) is 0 Å². The van der Waals surface area contributed by atoms with Gasteiger partial charge in [-0.15, -0.1) is 11.3 Å². The van der Waals surface area contributed by atoms with Crippen LogP contribution in [0, 0.1) is 20.8 Å². The van der Waals surface area contributed by atoms with Gasteiger partial charge in [0.25, 0.3) is 0 Å². The fraction of sp³-hybridized carbons (Fsp3) is 0.412. The molecule has 0 amide bonds. The van der Waals surface area contributed by atoms with E-state index in [1.807, 2.05) is 11.3 Å². The zero-order valence-electron chi connectivity index (χ0n) is 12.9. The maximum atomic E-state index is 5.56. The third kappa shape index (κ3) is 3.05. The molecule has 0 radical (unpaired) electrons. The molecule has 0 fully saturated rings. The summed E-state index contributed by atoms with van der Waals surface area (Å²) in [5.74, 6) is 0.949. The number of ether oxygens (including phenoxy) is 1. The van der Waals surface area contributed by atoms with Gasteiger partial charge in [0.15, 0.2) is 0 Å². The summed E-state index contributed by atoms with van der Waals surface area (Å²) in [5.41, 5.74) is 3.84. The highest BCUT2D eigenvalue weighted by Gasteiger charge is 2.20. The average Bonchev–Trinajstić information content (AvgIpc) is 2.75. The molecule has 20 heavy (non-hydrogen) atoms. The van der Waals surface area contributed by atoms with Crippen molar-refractivity contribution in [3.05, 3.63) is 50.7 Å². The minimum Gasteiger partial charge on any atom is -0.496 e. The van der Waals surface area contributed by atoms with Crippen LogP contribution in [-0.2, 0) is 0 Å². The quantitative estimate of drug-likeness (QED) is 0.882. The van der Waals surface area contributed by atoms with E-state index < -0.39 is 0 Å². The smallest absolute Gasteiger partial charge is 0.124 e. The predicted octanol–water partition coefficient (Wildman–Crippen LogP) is 4.38. The second kappa shape index (κ2) is 6.42. The van der Waals surface area contributed by atoms with Gasteiger partial charge >= 0.3 is 0 Å². The molecule has 2 aromatic rings. The molecule has 0 aliphatic heterocycles. The standard InChI is InChI=1S/C17H23NOS/c1-6-18-17(14-10-12(3)20-13(14)4)15-9-11(2)7-8-16(15)19-5/h7-10,17-18H,6H2,1-5H3. The number of methoxy groups -OCH3 is 1. The molecule has 2 rings (SSSR count). The van der Waals surface area contributed by atoms with E-state index in [0.29, 0.717) is 0 Å². The summed E-state index contributed by atoms with van der Waals surface area (Å²) in [7, 11) is 1.74. The zero-order valence-corrected chi connectivity index (χ0v) is 13.7. The van der Waals surface area contributed by atoms with Crippen LogP contribution in [0.3, 0.4) is 0 Å². The molecule has 0 aliphatic rings. The number of rotatable bonds is 5. The van der Waals surface area contributed by atoms with Crippen molar-refractivity contribution >= 4 is 11.3 Å². The first-order valence-electron chi connectivity index (χ1n) is 7.01. The Hall–Kier alpha value is -1.32. The summed E-state index contributed by atoms with van der Waals surface area (Å²) < 4.78 is 5.56. The van der Waals surface area contributed by atoms with Gasteiger partial charge in [0.2, 0.25) is 0 Å². The second-order valence-corrected chi connectivity index (χ2v) is 6.57. The van der Waals surface area contributed by atoms with Crippen LogP contribution in [0.15, 0.2) is 24.3 Å². The van der Waals surface area contributed by atoms with Crippen molar-refractivity contribution in [3.8, 4) is 5.75 Å². The molecule has 3 heteroatoms. The average molecular weight is 289 g/mol. The molecule has 108 valence electrons. The lowest BCUT2D eigenvalue weighted by molar-refractivity contribution is 0.404. The first kappa shape index (κ1) is 15.1. The highest BCUT2D eigenvalue weighted by atomic mass is 32.1. The van der Waals surface area contributed by atoms with Crippen molar-refractivity contribution in [1.29, 1.82) is 0 Å². The summed E-state index contributed by atoms with van der Waals surface area (Å²) >= 11 is 1.85. The predicted molar refractivity (Wildman–Crippen MR) is 87.0 cm³/mol. The Morgan fingerprint density at radius 1 is 1.15 bits per heavy atom. The summed E-state index contributed by atoms with van der Waals surface area (Å²) in [6.07, 6.45) is 0. The monoisotopic (exact) mass is 289 g/mol. The van der Waals surface area contributed by atoms with Gasteiger partial charge in [0, 0.05) is 15.3 Å². The van der Waals surface area contributed by atoms with Crippen LogP contribution in [0.5, 0.6) is 5.75 Å². The molecule has 0 saturated carbocycles. The lowest BCUT2D eigenvalue weighted by Gasteiger charge is -2.21. The molecular formula is C17H23NOS. The van der Waals surface area contributed by atoms with Crippen molar-refractivity contribution in [1.82, 2.24) is 5.32 Å². The van der Waals surface area contributed by atoms with Crippen molar-refractivity contribution in [3.63, 3.8) is 0 Å². The Morgan fingerprint density at radius 2 is 1.90 bits per heavy atom. The molecular weight excluding hydrogens is 266 g/mol. The number of aryl methyl sites for hydroxylation is 3. The van der Waals surface area contributed by atoms with Crippen molar-refractivity contribution < 1.29 is 4.74 Å².